The van der Waals surface area contributed by atoms with Crippen molar-refractivity contribution < 1.29 is 23.0 Å². The molecule has 6 heteroatoms. The van der Waals surface area contributed by atoms with Crippen LogP contribution in [0, 0.1) is 0 Å². The van der Waals surface area contributed by atoms with Crippen molar-refractivity contribution in [3.63, 3.8) is 0 Å². The van der Waals surface area contributed by atoms with E-state index in [0.717, 1.165) is 12.8 Å². The molecule has 1 atom stereocenters. The van der Waals surface area contributed by atoms with Gasteiger partial charge in [-0.2, -0.15) is 13.2 Å². The molecule has 0 amide bonds. The lowest BCUT2D eigenvalue weighted by Crippen LogP contribution is -2.47. The first-order chi connectivity index (χ1) is 8.35. The van der Waals surface area contributed by atoms with Crippen LogP contribution < -0.4 is 5.32 Å². The van der Waals surface area contributed by atoms with E-state index in [1.807, 2.05) is 6.92 Å². The molecule has 1 fully saturated rings. The van der Waals surface area contributed by atoms with Gasteiger partial charge in [0.05, 0.1) is 6.61 Å². The highest BCUT2D eigenvalue weighted by molar-refractivity contribution is 4.92. The minimum atomic E-state index is -4.10. The number of ether oxygens (including phenoxy) is 1. The fraction of sp³-hybridized carbons (Fsp3) is 1.00. The minimum absolute atomic E-state index is 0.00457. The number of aliphatic hydroxyl groups is 1. The molecule has 0 aromatic rings. The highest BCUT2D eigenvalue weighted by Gasteiger charge is 2.31. The minimum Gasteiger partial charge on any atom is -0.394 e. The second-order valence-electron chi connectivity index (χ2n) is 5.22. The van der Waals surface area contributed by atoms with E-state index in [2.05, 4.69) is 5.32 Å². The average molecular weight is 269 g/mol. The van der Waals surface area contributed by atoms with Crippen molar-refractivity contribution in [2.24, 2.45) is 0 Å². The molecule has 1 unspecified atom stereocenters. The second kappa shape index (κ2) is 6.73. The van der Waals surface area contributed by atoms with Crippen molar-refractivity contribution in [1.82, 2.24) is 5.32 Å². The summed E-state index contributed by atoms with van der Waals surface area (Å²) in [6.07, 6.45) is -2.05. The van der Waals surface area contributed by atoms with Crippen LogP contribution in [0.2, 0.25) is 0 Å². The zero-order valence-corrected chi connectivity index (χ0v) is 10.7. The average Bonchev–Trinajstić information content (AvgIpc) is 3.05. The second-order valence-corrected chi connectivity index (χ2v) is 5.22. The van der Waals surface area contributed by atoms with Crippen LogP contribution in [-0.2, 0) is 4.74 Å². The maximum Gasteiger partial charge on any atom is 0.389 e. The van der Waals surface area contributed by atoms with Crippen molar-refractivity contribution in [1.29, 1.82) is 0 Å². The van der Waals surface area contributed by atoms with Gasteiger partial charge in [0.2, 0.25) is 0 Å². The monoisotopic (exact) mass is 269 g/mol. The third kappa shape index (κ3) is 7.18. The van der Waals surface area contributed by atoms with Gasteiger partial charge in [-0.05, 0) is 32.6 Å². The number of nitrogens with one attached hydrogen (secondary N) is 1. The van der Waals surface area contributed by atoms with Crippen LogP contribution in [0.1, 0.15) is 39.0 Å². The molecule has 0 bridgehead atoms. The van der Waals surface area contributed by atoms with Gasteiger partial charge >= 0.3 is 6.18 Å². The van der Waals surface area contributed by atoms with E-state index in [-0.39, 0.29) is 25.2 Å². The molecule has 1 saturated carbocycles. The number of hydrogen-bond acceptors (Lipinski definition) is 3. The quantitative estimate of drug-likeness (QED) is 0.631. The van der Waals surface area contributed by atoms with Crippen molar-refractivity contribution >= 4 is 0 Å². The zero-order chi connectivity index (χ0) is 13.6. The van der Waals surface area contributed by atoms with E-state index < -0.39 is 12.6 Å². The fourth-order valence-electron chi connectivity index (χ4n) is 1.69. The van der Waals surface area contributed by atoms with Crippen LogP contribution >= 0.6 is 0 Å². The smallest absolute Gasteiger partial charge is 0.389 e. The summed E-state index contributed by atoms with van der Waals surface area (Å²) in [5, 5.41) is 12.6. The van der Waals surface area contributed by atoms with Crippen LogP contribution in [0.4, 0.5) is 13.2 Å². The molecule has 0 spiro atoms. The molecule has 0 aromatic heterocycles. The van der Waals surface area contributed by atoms with Gasteiger partial charge in [0.15, 0.2) is 0 Å². The predicted octanol–water partition coefficient (Wildman–Crippen LogP) is 2.24. The lowest BCUT2D eigenvalue weighted by atomic mass is 9.99. The molecule has 0 aliphatic heterocycles. The van der Waals surface area contributed by atoms with Gasteiger partial charge in [-0.15, -0.1) is 0 Å². The molecule has 0 saturated heterocycles. The molecule has 2 N–H and O–H groups in total. The van der Waals surface area contributed by atoms with Gasteiger partial charge in [0.1, 0.15) is 0 Å². The Kier molecular flexibility index (Phi) is 5.88. The Balaban J connectivity index is 2.04. The Morgan fingerprint density at radius 1 is 1.22 bits per heavy atom. The highest BCUT2D eigenvalue weighted by atomic mass is 19.4. The number of hydrogen-bond donors (Lipinski definition) is 2. The Labute approximate surface area is 106 Å². The maximum atomic E-state index is 11.9. The lowest BCUT2D eigenvalue weighted by molar-refractivity contribution is -0.138. The van der Waals surface area contributed by atoms with Gasteiger partial charge in [-0.3, -0.25) is 0 Å². The third-order valence-electron chi connectivity index (χ3n) is 3.03. The molecule has 0 radical (unpaired) electrons. The number of halogens is 3. The van der Waals surface area contributed by atoms with Crippen LogP contribution in [0.5, 0.6) is 0 Å². The summed E-state index contributed by atoms with van der Waals surface area (Å²) in [6.45, 7) is 2.40. The van der Waals surface area contributed by atoms with Crippen molar-refractivity contribution in [2.45, 2.75) is 56.8 Å². The summed E-state index contributed by atoms with van der Waals surface area (Å²) in [5.41, 5.74) is -0.384. The third-order valence-corrected chi connectivity index (χ3v) is 3.03. The van der Waals surface area contributed by atoms with E-state index in [1.54, 1.807) is 0 Å². The molecule has 108 valence electrons. The normalized spacial score (nSPS) is 19.8. The van der Waals surface area contributed by atoms with E-state index >= 15 is 0 Å². The Morgan fingerprint density at radius 2 is 1.89 bits per heavy atom. The molecule has 1 aliphatic carbocycles. The lowest BCUT2D eigenvalue weighted by Gasteiger charge is -2.28. The topological polar surface area (TPSA) is 41.5 Å². The highest BCUT2D eigenvalue weighted by Crippen LogP contribution is 2.24. The molecular formula is C12H22F3NO2. The van der Waals surface area contributed by atoms with Crippen LogP contribution in [0.25, 0.3) is 0 Å². The van der Waals surface area contributed by atoms with Crippen molar-refractivity contribution in [2.75, 3.05) is 19.8 Å². The van der Waals surface area contributed by atoms with Gasteiger partial charge in [0, 0.05) is 31.2 Å². The summed E-state index contributed by atoms with van der Waals surface area (Å²) >= 11 is 0. The molecule has 18 heavy (non-hydrogen) atoms. The van der Waals surface area contributed by atoms with E-state index in [9.17, 15) is 18.3 Å². The first-order valence-corrected chi connectivity index (χ1v) is 6.38. The number of alkyl halides is 3. The van der Waals surface area contributed by atoms with E-state index in [1.165, 1.54) is 0 Å². The summed E-state index contributed by atoms with van der Waals surface area (Å²) in [6, 6.07) is 0.479. The summed E-state index contributed by atoms with van der Waals surface area (Å²) < 4.78 is 40.8. The SMILES string of the molecule is CC(CO)(CCOCCCC(F)(F)F)NC1CC1. The Bertz CT molecular complexity index is 244. The first-order valence-electron chi connectivity index (χ1n) is 6.38. The Morgan fingerprint density at radius 3 is 2.39 bits per heavy atom. The van der Waals surface area contributed by atoms with Crippen molar-refractivity contribution in [3.8, 4) is 0 Å². The molecular weight excluding hydrogens is 247 g/mol. The van der Waals surface area contributed by atoms with Crippen LogP contribution in [0.3, 0.4) is 0 Å². The summed E-state index contributed by atoms with van der Waals surface area (Å²) in [7, 11) is 0. The van der Waals surface area contributed by atoms with E-state index in [0.29, 0.717) is 19.1 Å². The van der Waals surface area contributed by atoms with Gasteiger partial charge < -0.3 is 15.2 Å². The van der Waals surface area contributed by atoms with E-state index in [4.69, 9.17) is 4.74 Å². The van der Waals surface area contributed by atoms with Crippen LogP contribution in [-0.4, -0.2) is 42.7 Å². The van der Waals surface area contributed by atoms with Gasteiger partial charge in [-0.25, -0.2) is 0 Å². The molecule has 3 nitrogen and oxygen atoms in total. The van der Waals surface area contributed by atoms with Crippen LogP contribution in [0.15, 0.2) is 0 Å². The molecule has 1 rings (SSSR count). The largest absolute Gasteiger partial charge is 0.394 e. The number of aliphatic hydroxyl groups excluding tert-OH is 1. The zero-order valence-electron chi connectivity index (χ0n) is 10.7. The molecule has 0 aromatic carbocycles. The number of rotatable bonds is 9. The molecule has 1 aliphatic rings. The summed E-state index contributed by atoms with van der Waals surface area (Å²) in [4.78, 5) is 0. The van der Waals surface area contributed by atoms with Gasteiger partial charge in [0.25, 0.3) is 0 Å². The Hall–Kier alpha value is -0.330. The first kappa shape index (κ1) is 15.7. The standard InChI is InChI=1S/C12H22F3NO2/c1-11(9-17,16-10-3-4-10)6-8-18-7-2-5-12(13,14)15/h10,16-17H,2-9H2,1H3. The summed E-state index contributed by atoms with van der Waals surface area (Å²) in [5.74, 6) is 0. The van der Waals surface area contributed by atoms with Crippen molar-refractivity contribution in [3.05, 3.63) is 0 Å². The maximum absolute atomic E-state index is 11.9. The predicted molar refractivity (Wildman–Crippen MR) is 62.4 cm³/mol. The fourth-order valence-corrected chi connectivity index (χ4v) is 1.69. The van der Waals surface area contributed by atoms with Gasteiger partial charge in [-0.1, -0.05) is 0 Å². The molecule has 0 heterocycles.